The van der Waals surface area contributed by atoms with Gasteiger partial charge in [0.2, 0.25) is 11.0 Å². The van der Waals surface area contributed by atoms with Crippen molar-refractivity contribution in [3.63, 3.8) is 0 Å². The number of amides is 1. The highest BCUT2D eigenvalue weighted by Gasteiger charge is 2.24. The molecule has 0 saturated heterocycles. The van der Waals surface area contributed by atoms with Crippen molar-refractivity contribution in [2.75, 3.05) is 5.32 Å². The fourth-order valence-electron chi connectivity index (χ4n) is 0.593. The minimum Gasteiger partial charge on any atom is -0.299 e. The van der Waals surface area contributed by atoms with Crippen molar-refractivity contribution in [1.82, 2.24) is 10.2 Å². The molecule has 0 fully saturated rings. The number of nitrogens with one attached hydrogen (secondary N) is 1. The molecule has 0 saturated carbocycles. The van der Waals surface area contributed by atoms with E-state index in [1.807, 2.05) is 6.92 Å². The topological polar surface area (TPSA) is 54.9 Å². The summed E-state index contributed by atoms with van der Waals surface area (Å²) in [7, 11) is 0. The maximum atomic E-state index is 11.4. The summed E-state index contributed by atoms with van der Waals surface area (Å²) < 4.78 is -0.577. The van der Waals surface area contributed by atoms with Crippen molar-refractivity contribution >= 4 is 38.3 Å². The highest BCUT2D eigenvalue weighted by molar-refractivity contribution is 9.10. The zero-order valence-corrected chi connectivity index (χ0v) is 9.99. The Labute approximate surface area is 88.9 Å². The first-order chi connectivity index (χ1) is 5.89. The molecule has 0 aliphatic heterocycles. The molecule has 1 aromatic heterocycles. The number of anilines is 1. The van der Waals surface area contributed by atoms with Gasteiger partial charge in [-0.2, -0.15) is 0 Å². The summed E-state index contributed by atoms with van der Waals surface area (Å²) >= 11 is 4.61. The molecule has 0 aliphatic carbocycles. The van der Waals surface area contributed by atoms with Crippen LogP contribution in [0.4, 0.5) is 5.13 Å². The van der Waals surface area contributed by atoms with Gasteiger partial charge in [-0.25, -0.2) is 0 Å². The minimum atomic E-state index is -0.577. The summed E-state index contributed by atoms with van der Waals surface area (Å²) in [5.74, 6) is -0.122. The number of hydrogen-bond donors (Lipinski definition) is 1. The second-order valence-corrected chi connectivity index (χ2v) is 6.22. The maximum Gasteiger partial charge on any atom is 0.242 e. The van der Waals surface area contributed by atoms with Crippen LogP contribution in [0.25, 0.3) is 0 Å². The molecular formula is C7H10BrN3OS. The molecule has 72 valence electrons. The normalized spacial score (nSPS) is 11.4. The number of carbonyl (C=O) groups excluding carboxylic acids is 1. The van der Waals surface area contributed by atoms with Crippen molar-refractivity contribution in [1.29, 1.82) is 0 Å². The van der Waals surface area contributed by atoms with Crippen LogP contribution in [0.2, 0.25) is 0 Å². The van der Waals surface area contributed by atoms with E-state index in [0.717, 1.165) is 5.01 Å². The fraction of sp³-hybridized carbons (Fsp3) is 0.571. The zero-order valence-electron chi connectivity index (χ0n) is 7.59. The SMILES string of the molecule is Cc1nnc(NC(=O)C(C)(C)Br)s1. The molecule has 4 nitrogen and oxygen atoms in total. The Kier molecular flexibility index (Phi) is 3.02. The standard InChI is InChI=1S/C7H10BrN3OS/c1-4-10-11-6(13-4)9-5(12)7(2,3)8/h1-3H3,(H,9,11,12). The number of aryl methyl sites for hydroxylation is 1. The van der Waals surface area contributed by atoms with Gasteiger partial charge in [-0.1, -0.05) is 27.3 Å². The van der Waals surface area contributed by atoms with Crippen molar-refractivity contribution < 1.29 is 4.79 Å². The third-order valence-corrected chi connectivity index (χ3v) is 2.40. The van der Waals surface area contributed by atoms with Crippen LogP contribution in [0.15, 0.2) is 0 Å². The Balaban J connectivity index is 2.65. The van der Waals surface area contributed by atoms with Crippen LogP contribution < -0.4 is 5.32 Å². The molecule has 1 heterocycles. The molecule has 1 aromatic rings. The van der Waals surface area contributed by atoms with Gasteiger partial charge in [0.15, 0.2) is 0 Å². The van der Waals surface area contributed by atoms with Crippen LogP contribution in [0, 0.1) is 6.92 Å². The molecule has 13 heavy (non-hydrogen) atoms. The number of alkyl halides is 1. The molecular weight excluding hydrogens is 254 g/mol. The summed E-state index contributed by atoms with van der Waals surface area (Å²) in [5, 5.41) is 11.6. The van der Waals surface area contributed by atoms with Crippen LogP contribution in [0.5, 0.6) is 0 Å². The Morgan fingerprint density at radius 3 is 2.54 bits per heavy atom. The maximum absolute atomic E-state index is 11.4. The van der Waals surface area contributed by atoms with Gasteiger partial charge in [0.1, 0.15) is 5.01 Å². The van der Waals surface area contributed by atoms with Crippen LogP contribution in [0.1, 0.15) is 18.9 Å². The third kappa shape index (κ3) is 3.04. The minimum absolute atomic E-state index is 0.122. The van der Waals surface area contributed by atoms with Crippen molar-refractivity contribution in [3.8, 4) is 0 Å². The number of carbonyl (C=O) groups is 1. The third-order valence-electron chi connectivity index (χ3n) is 1.29. The lowest BCUT2D eigenvalue weighted by atomic mass is 10.2. The average molecular weight is 264 g/mol. The first-order valence-electron chi connectivity index (χ1n) is 3.70. The van der Waals surface area contributed by atoms with E-state index in [0.29, 0.717) is 5.13 Å². The molecule has 1 N–H and O–H groups in total. The van der Waals surface area contributed by atoms with Crippen molar-refractivity contribution in [3.05, 3.63) is 5.01 Å². The van der Waals surface area contributed by atoms with Crippen molar-refractivity contribution in [2.45, 2.75) is 25.1 Å². The number of halogens is 1. The smallest absolute Gasteiger partial charge is 0.242 e. The number of nitrogens with zero attached hydrogens (tertiary/aromatic N) is 2. The lowest BCUT2D eigenvalue weighted by molar-refractivity contribution is -0.117. The fourth-order valence-corrected chi connectivity index (χ4v) is 1.28. The molecule has 1 rings (SSSR count). The summed E-state index contributed by atoms with van der Waals surface area (Å²) in [6, 6.07) is 0. The molecule has 0 aliphatic rings. The van der Waals surface area contributed by atoms with Gasteiger partial charge in [0.05, 0.1) is 4.32 Å². The second kappa shape index (κ2) is 3.71. The average Bonchev–Trinajstić information content (AvgIpc) is 2.33. The van der Waals surface area contributed by atoms with E-state index in [4.69, 9.17) is 0 Å². The number of rotatable bonds is 2. The summed E-state index contributed by atoms with van der Waals surface area (Å²) in [6.07, 6.45) is 0. The summed E-state index contributed by atoms with van der Waals surface area (Å²) in [6.45, 7) is 5.39. The predicted octanol–water partition coefficient (Wildman–Crippen LogP) is 1.96. The van der Waals surface area contributed by atoms with Crippen LogP contribution in [-0.4, -0.2) is 20.4 Å². The number of aromatic nitrogens is 2. The predicted molar refractivity (Wildman–Crippen MR) is 56.3 cm³/mol. The van der Waals surface area contributed by atoms with E-state index in [1.165, 1.54) is 11.3 Å². The monoisotopic (exact) mass is 263 g/mol. The van der Waals surface area contributed by atoms with Crippen molar-refractivity contribution in [2.24, 2.45) is 0 Å². The van der Waals surface area contributed by atoms with Gasteiger partial charge in [-0.05, 0) is 20.8 Å². The first kappa shape index (κ1) is 10.6. The van der Waals surface area contributed by atoms with E-state index in [1.54, 1.807) is 13.8 Å². The Hall–Kier alpha value is -0.490. The van der Waals surface area contributed by atoms with E-state index in [9.17, 15) is 4.79 Å². The molecule has 0 spiro atoms. The molecule has 0 aromatic carbocycles. The first-order valence-corrected chi connectivity index (χ1v) is 5.31. The van der Waals surface area contributed by atoms with Gasteiger partial charge in [-0.15, -0.1) is 10.2 Å². The van der Waals surface area contributed by atoms with E-state index in [2.05, 4.69) is 31.4 Å². The molecule has 0 unspecified atom stereocenters. The molecule has 0 bridgehead atoms. The highest BCUT2D eigenvalue weighted by Crippen LogP contribution is 2.20. The van der Waals surface area contributed by atoms with E-state index < -0.39 is 4.32 Å². The zero-order chi connectivity index (χ0) is 10.1. The Morgan fingerprint density at radius 1 is 1.54 bits per heavy atom. The highest BCUT2D eigenvalue weighted by atomic mass is 79.9. The Morgan fingerprint density at radius 2 is 2.15 bits per heavy atom. The Bertz CT molecular complexity index is 318. The van der Waals surface area contributed by atoms with Gasteiger partial charge in [0, 0.05) is 0 Å². The van der Waals surface area contributed by atoms with Crippen LogP contribution in [-0.2, 0) is 4.79 Å². The summed E-state index contributed by atoms with van der Waals surface area (Å²) in [5.41, 5.74) is 0. The van der Waals surface area contributed by atoms with Gasteiger partial charge in [0.25, 0.3) is 0 Å². The van der Waals surface area contributed by atoms with Gasteiger partial charge >= 0.3 is 0 Å². The molecule has 0 atom stereocenters. The molecule has 0 radical (unpaired) electrons. The van der Waals surface area contributed by atoms with Gasteiger partial charge < -0.3 is 0 Å². The van der Waals surface area contributed by atoms with E-state index in [-0.39, 0.29) is 5.91 Å². The van der Waals surface area contributed by atoms with Gasteiger partial charge in [-0.3, -0.25) is 10.1 Å². The van der Waals surface area contributed by atoms with Crippen LogP contribution >= 0.6 is 27.3 Å². The second-order valence-electron chi connectivity index (χ2n) is 3.05. The lowest BCUT2D eigenvalue weighted by Gasteiger charge is -2.13. The van der Waals surface area contributed by atoms with Crippen LogP contribution in [0.3, 0.4) is 0 Å². The largest absolute Gasteiger partial charge is 0.299 e. The number of hydrogen-bond acceptors (Lipinski definition) is 4. The molecule has 1 amide bonds. The van der Waals surface area contributed by atoms with E-state index >= 15 is 0 Å². The quantitative estimate of drug-likeness (QED) is 0.831. The molecule has 6 heteroatoms. The summed E-state index contributed by atoms with van der Waals surface area (Å²) in [4.78, 5) is 11.4. The lowest BCUT2D eigenvalue weighted by Crippen LogP contribution is -2.30.